The predicted octanol–water partition coefficient (Wildman–Crippen LogP) is 1.78. The molecule has 0 saturated carbocycles. The highest BCUT2D eigenvalue weighted by atomic mass is 35.5. The van der Waals surface area contributed by atoms with Crippen LogP contribution in [0.4, 0.5) is 0 Å². The molecule has 0 spiro atoms. The highest BCUT2D eigenvalue weighted by molar-refractivity contribution is 7.89. The quantitative estimate of drug-likeness (QED) is 0.767. The van der Waals surface area contributed by atoms with Gasteiger partial charge in [-0.15, -0.1) is 0 Å². The van der Waals surface area contributed by atoms with Crippen LogP contribution >= 0.6 is 23.2 Å². The average Bonchev–Trinajstić information content (AvgIpc) is 1.97. The van der Waals surface area contributed by atoms with Crippen molar-refractivity contribution in [2.75, 3.05) is 13.1 Å². The number of hydrogen-bond donors (Lipinski definition) is 0. The zero-order valence-electron chi connectivity index (χ0n) is 7.65. The smallest absolute Gasteiger partial charge is 0.223 e. The van der Waals surface area contributed by atoms with E-state index in [4.69, 9.17) is 23.2 Å². The predicted molar refractivity (Wildman–Crippen MR) is 57.6 cm³/mol. The van der Waals surface area contributed by atoms with Crippen LogP contribution in [0.15, 0.2) is 17.0 Å². The minimum absolute atomic E-state index is 0.0215. The van der Waals surface area contributed by atoms with Crippen LogP contribution in [-0.2, 0) is 10.0 Å². The van der Waals surface area contributed by atoms with E-state index in [0.29, 0.717) is 13.1 Å². The van der Waals surface area contributed by atoms with Crippen LogP contribution in [0.5, 0.6) is 0 Å². The lowest BCUT2D eigenvalue weighted by Gasteiger charge is -2.29. The molecule has 0 bridgehead atoms. The van der Waals surface area contributed by atoms with Crippen molar-refractivity contribution in [2.45, 2.75) is 11.3 Å². The maximum Gasteiger partial charge on any atom is 0.246 e. The summed E-state index contributed by atoms with van der Waals surface area (Å²) in [5, 5.41) is 0.108. The van der Waals surface area contributed by atoms with E-state index in [1.807, 2.05) is 0 Å². The maximum atomic E-state index is 11.9. The minimum atomic E-state index is -3.47. The van der Waals surface area contributed by atoms with Gasteiger partial charge in [0, 0.05) is 13.1 Å². The van der Waals surface area contributed by atoms with Gasteiger partial charge in [-0.2, -0.15) is 4.31 Å². The molecular weight excluding hydrogens is 259 g/mol. The Morgan fingerprint density at radius 3 is 2.40 bits per heavy atom. The average molecular weight is 267 g/mol. The van der Waals surface area contributed by atoms with Crippen molar-refractivity contribution in [1.29, 1.82) is 0 Å². The standard InChI is InChI=1S/C8H8Cl2N2O2S/c9-7-3-2-6(8(10)11-7)15(13,14)12-4-1-5-12/h2-3H,1,4-5H2. The molecule has 4 nitrogen and oxygen atoms in total. The van der Waals surface area contributed by atoms with Crippen molar-refractivity contribution in [3.63, 3.8) is 0 Å². The Hall–Kier alpha value is -0.360. The molecule has 1 saturated heterocycles. The van der Waals surface area contributed by atoms with Crippen LogP contribution in [0.1, 0.15) is 6.42 Å². The van der Waals surface area contributed by atoms with Crippen LogP contribution < -0.4 is 0 Å². The van der Waals surface area contributed by atoms with Crippen molar-refractivity contribution in [2.24, 2.45) is 0 Å². The van der Waals surface area contributed by atoms with Gasteiger partial charge in [-0.25, -0.2) is 13.4 Å². The van der Waals surface area contributed by atoms with E-state index in [9.17, 15) is 8.42 Å². The van der Waals surface area contributed by atoms with Crippen molar-refractivity contribution in [3.05, 3.63) is 22.4 Å². The number of sulfonamides is 1. The fraction of sp³-hybridized carbons (Fsp3) is 0.375. The van der Waals surface area contributed by atoms with E-state index in [1.165, 1.54) is 16.4 Å². The fourth-order valence-electron chi connectivity index (χ4n) is 1.26. The Morgan fingerprint density at radius 1 is 1.27 bits per heavy atom. The van der Waals surface area contributed by atoms with Gasteiger partial charge in [-0.3, -0.25) is 0 Å². The molecule has 2 rings (SSSR count). The first-order valence-electron chi connectivity index (χ1n) is 4.34. The molecule has 0 amide bonds. The molecule has 1 aromatic heterocycles. The summed E-state index contributed by atoms with van der Waals surface area (Å²) >= 11 is 11.3. The van der Waals surface area contributed by atoms with Crippen LogP contribution in [-0.4, -0.2) is 30.8 Å². The van der Waals surface area contributed by atoms with Gasteiger partial charge < -0.3 is 0 Å². The summed E-state index contributed by atoms with van der Waals surface area (Å²) in [5.41, 5.74) is 0. The maximum absolute atomic E-state index is 11.9. The number of aromatic nitrogens is 1. The van der Waals surface area contributed by atoms with Gasteiger partial charge in [-0.05, 0) is 18.6 Å². The van der Waals surface area contributed by atoms with E-state index < -0.39 is 10.0 Å². The van der Waals surface area contributed by atoms with Crippen molar-refractivity contribution in [3.8, 4) is 0 Å². The second-order valence-corrected chi connectivity index (χ2v) is 5.83. The first-order chi connectivity index (χ1) is 7.01. The monoisotopic (exact) mass is 266 g/mol. The van der Waals surface area contributed by atoms with E-state index in [2.05, 4.69) is 4.98 Å². The summed E-state index contributed by atoms with van der Waals surface area (Å²) in [6.45, 7) is 1.09. The summed E-state index contributed by atoms with van der Waals surface area (Å²) in [7, 11) is -3.47. The Bertz CT molecular complexity index is 485. The van der Waals surface area contributed by atoms with E-state index in [0.717, 1.165) is 6.42 Å². The molecule has 82 valence electrons. The Balaban J connectivity index is 2.44. The van der Waals surface area contributed by atoms with Crippen LogP contribution in [0.25, 0.3) is 0 Å². The molecule has 7 heteroatoms. The summed E-state index contributed by atoms with van der Waals surface area (Å²) in [6.07, 6.45) is 0.887. The summed E-state index contributed by atoms with van der Waals surface area (Å²) in [6, 6.07) is 2.80. The topological polar surface area (TPSA) is 50.3 Å². The molecular formula is C8H8Cl2N2O2S. The number of nitrogens with zero attached hydrogens (tertiary/aromatic N) is 2. The fourth-order valence-corrected chi connectivity index (χ4v) is 3.41. The van der Waals surface area contributed by atoms with Gasteiger partial charge in [0.1, 0.15) is 10.0 Å². The van der Waals surface area contributed by atoms with Gasteiger partial charge >= 0.3 is 0 Å². The lowest BCUT2D eigenvalue weighted by molar-refractivity contribution is 0.309. The third-order valence-electron chi connectivity index (χ3n) is 2.21. The molecule has 0 N–H and O–H groups in total. The molecule has 0 aliphatic carbocycles. The molecule has 0 aromatic carbocycles. The highest BCUT2D eigenvalue weighted by Gasteiger charge is 2.31. The number of pyridine rings is 1. The minimum Gasteiger partial charge on any atom is -0.223 e. The zero-order valence-corrected chi connectivity index (χ0v) is 9.98. The van der Waals surface area contributed by atoms with E-state index in [-0.39, 0.29) is 15.2 Å². The SMILES string of the molecule is O=S(=O)(c1ccc(Cl)nc1Cl)N1CCC1. The molecule has 0 atom stereocenters. The van der Waals surface area contributed by atoms with Crippen LogP contribution in [0.3, 0.4) is 0 Å². The van der Waals surface area contributed by atoms with Gasteiger partial charge in [0.05, 0.1) is 0 Å². The first kappa shape index (κ1) is 11.1. The van der Waals surface area contributed by atoms with Crippen LogP contribution in [0.2, 0.25) is 10.3 Å². The largest absolute Gasteiger partial charge is 0.246 e. The Kier molecular flexibility index (Phi) is 2.89. The third-order valence-corrected chi connectivity index (χ3v) is 4.75. The van der Waals surface area contributed by atoms with Gasteiger partial charge in [-0.1, -0.05) is 23.2 Å². The molecule has 2 heterocycles. The van der Waals surface area contributed by atoms with E-state index in [1.54, 1.807) is 0 Å². The summed E-state index contributed by atoms with van der Waals surface area (Å²) < 4.78 is 25.2. The highest BCUT2D eigenvalue weighted by Crippen LogP contribution is 2.27. The normalized spacial score (nSPS) is 17.5. The summed E-state index contributed by atoms with van der Waals surface area (Å²) in [5.74, 6) is 0. The van der Waals surface area contributed by atoms with E-state index >= 15 is 0 Å². The van der Waals surface area contributed by atoms with Crippen molar-refractivity contribution >= 4 is 33.2 Å². The lowest BCUT2D eigenvalue weighted by Crippen LogP contribution is -2.42. The Morgan fingerprint density at radius 2 is 1.93 bits per heavy atom. The first-order valence-corrected chi connectivity index (χ1v) is 6.53. The zero-order chi connectivity index (χ0) is 11.1. The number of rotatable bonds is 2. The van der Waals surface area contributed by atoms with Gasteiger partial charge in [0.25, 0.3) is 0 Å². The Labute approximate surface area is 97.9 Å². The second-order valence-electron chi connectivity index (χ2n) is 3.18. The molecule has 1 aliphatic rings. The molecule has 0 radical (unpaired) electrons. The molecule has 1 aromatic rings. The molecule has 1 aliphatic heterocycles. The molecule has 1 fully saturated rings. The third kappa shape index (κ3) is 1.97. The van der Waals surface area contributed by atoms with Crippen LogP contribution in [0, 0.1) is 0 Å². The second kappa shape index (κ2) is 3.90. The van der Waals surface area contributed by atoms with Crippen molar-refractivity contribution in [1.82, 2.24) is 9.29 Å². The number of halogens is 2. The molecule has 0 unspecified atom stereocenters. The van der Waals surface area contributed by atoms with Gasteiger partial charge in [0.2, 0.25) is 10.0 Å². The van der Waals surface area contributed by atoms with Gasteiger partial charge in [0.15, 0.2) is 5.15 Å². The molecule has 15 heavy (non-hydrogen) atoms. The van der Waals surface area contributed by atoms with Crippen molar-refractivity contribution < 1.29 is 8.42 Å². The summed E-state index contributed by atoms with van der Waals surface area (Å²) in [4.78, 5) is 3.73. The number of hydrogen-bond acceptors (Lipinski definition) is 3. The lowest BCUT2D eigenvalue weighted by atomic mass is 10.3.